The van der Waals surface area contributed by atoms with Crippen LogP contribution in [0.15, 0.2) is 0 Å². The van der Waals surface area contributed by atoms with Crippen LogP contribution in [0.4, 0.5) is 0 Å². The Morgan fingerprint density at radius 1 is 1.29 bits per heavy atom. The summed E-state index contributed by atoms with van der Waals surface area (Å²) < 4.78 is 0. The zero-order valence-corrected chi connectivity index (χ0v) is 14.8. The molecule has 3 atom stereocenters. The molecule has 0 bridgehead atoms. The molecular formula is C18H36N2O. The number of aliphatic hydroxyl groups excluding tert-OH is 1. The summed E-state index contributed by atoms with van der Waals surface area (Å²) in [5.41, 5.74) is 0.380. The van der Waals surface area contributed by atoms with Crippen LogP contribution in [-0.4, -0.2) is 47.3 Å². The molecule has 3 unspecified atom stereocenters. The van der Waals surface area contributed by atoms with Crippen LogP contribution < -0.4 is 5.32 Å². The van der Waals surface area contributed by atoms with Crippen molar-refractivity contribution in [3.8, 4) is 0 Å². The predicted molar refractivity (Wildman–Crippen MR) is 89.5 cm³/mol. The molecular weight excluding hydrogens is 260 g/mol. The molecule has 2 fully saturated rings. The molecule has 1 saturated heterocycles. The van der Waals surface area contributed by atoms with Gasteiger partial charge in [0.25, 0.3) is 0 Å². The molecule has 124 valence electrons. The van der Waals surface area contributed by atoms with Gasteiger partial charge in [0, 0.05) is 24.2 Å². The SMILES string of the molecule is CC(C)NC1(CO)CCCC(N2CCC(C(C)(C)C)C2)C1. The van der Waals surface area contributed by atoms with Crippen molar-refractivity contribution in [2.24, 2.45) is 11.3 Å². The molecule has 1 aliphatic carbocycles. The molecule has 1 heterocycles. The van der Waals surface area contributed by atoms with E-state index in [2.05, 4.69) is 44.8 Å². The summed E-state index contributed by atoms with van der Waals surface area (Å²) in [6.45, 7) is 14.3. The minimum absolute atomic E-state index is 0.0447. The quantitative estimate of drug-likeness (QED) is 0.837. The average molecular weight is 296 g/mol. The van der Waals surface area contributed by atoms with Gasteiger partial charge in [-0.15, -0.1) is 0 Å². The van der Waals surface area contributed by atoms with E-state index in [1.807, 2.05) is 0 Å². The van der Waals surface area contributed by atoms with Crippen molar-refractivity contribution in [1.82, 2.24) is 10.2 Å². The largest absolute Gasteiger partial charge is 0.394 e. The lowest BCUT2D eigenvalue weighted by Crippen LogP contribution is -2.57. The van der Waals surface area contributed by atoms with Crippen molar-refractivity contribution in [2.75, 3.05) is 19.7 Å². The zero-order valence-electron chi connectivity index (χ0n) is 14.8. The summed E-state index contributed by atoms with van der Waals surface area (Å²) in [6, 6.07) is 1.10. The van der Waals surface area contributed by atoms with Crippen LogP contribution in [0.1, 0.15) is 66.7 Å². The van der Waals surface area contributed by atoms with Crippen LogP contribution in [-0.2, 0) is 0 Å². The Labute approximate surface area is 131 Å². The fraction of sp³-hybridized carbons (Fsp3) is 1.00. The van der Waals surface area contributed by atoms with Gasteiger partial charge >= 0.3 is 0 Å². The molecule has 1 aliphatic heterocycles. The van der Waals surface area contributed by atoms with Crippen LogP contribution in [0.5, 0.6) is 0 Å². The first kappa shape index (κ1) is 17.2. The summed E-state index contributed by atoms with van der Waals surface area (Å²) in [4.78, 5) is 2.71. The summed E-state index contributed by atoms with van der Waals surface area (Å²) in [5, 5.41) is 13.6. The van der Waals surface area contributed by atoms with Crippen molar-refractivity contribution in [1.29, 1.82) is 0 Å². The Hall–Kier alpha value is -0.120. The van der Waals surface area contributed by atoms with E-state index in [1.54, 1.807) is 0 Å². The smallest absolute Gasteiger partial charge is 0.0613 e. The Morgan fingerprint density at radius 2 is 2.00 bits per heavy atom. The molecule has 0 amide bonds. The van der Waals surface area contributed by atoms with Crippen LogP contribution in [0.3, 0.4) is 0 Å². The number of hydrogen-bond acceptors (Lipinski definition) is 3. The second-order valence-electron chi connectivity index (χ2n) is 8.83. The standard InChI is InChI=1S/C18H36N2O/c1-14(2)19-18(13-21)9-6-7-16(11-18)20-10-8-15(12-20)17(3,4)5/h14-16,19,21H,6-13H2,1-5H3. The van der Waals surface area contributed by atoms with Gasteiger partial charge in [-0.1, -0.05) is 34.6 Å². The molecule has 2 N–H and O–H groups in total. The summed E-state index contributed by atoms with van der Waals surface area (Å²) in [6.07, 6.45) is 6.11. The molecule has 0 radical (unpaired) electrons. The maximum absolute atomic E-state index is 9.95. The first-order valence-electron chi connectivity index (χ1n) is 8.88. The van der Waals surface area contributed by atoms with E-state index >= 15 is 0 Å². The van der Waals surface area contributed by atoms with E-state index in [-0.39, 0.29) is 12.1 Å². The Balaban J connectivity index is 1.98. The Bertz CT molecular complexity index is 337. The lowest BCUT2D eigenvalue weighted by atomic mass is 9.78. The third-order valence-corrected chi connectivity index (χ3v) is 5.68. The van der Waals surface area contributed by atoms with Gasteiger partial charge < -0.3 is 15.3 Å². The van der Waals surface area contributed by atoms with Crippen LogP contribution >= 0.6 is 0 Å². The topological polar surface area (TPSA) is 35.5 Å². The Kier molecular flexibility index (Phi) is 5.38. The van der Waals surface area contributed by atoms with Gasteiger partial charge in [0.2, 0.25) is 0 Å². The van der Waals surface area contributed by atoms with E-state index < -0.39 is 0 Å². The summed E-state index contributed by atoms with van der Waals surface area (Å²) in [5.74, 6) is 0.820. The molecule has 0 aromatic heterocycles. The lowest BCUT2D eigenvalue weighted by molar-refractivity contribution is 0.0594. The van der Waals surface area contributed by atoms with Crippen molar-refractivity contribution in [3.05, 3.63) is 0 Å². The van der Waals surface area contributed by atoms with Gasteiger partial charge in [0.15, 0.2) is 0 Å². The molecule has 2 aliphatic rings. The lowest BCUT2D eigenvalue weighted by Gasteiger charge is -2.45. The second kappa shape index (κ2) is 6.55. The minimum Gasteiger partial charge on any atom is -0.394 e. The third-order valence-electron chi connectivity index (χ3n) is 5.68. The van der Waals surface area contributed by atoms with Crippen LogP contribution in [0.25, 0.3) is 0 Å². The number of nitrogens with one attached hydrogen (secondary N) is 1. The summed E-state index contributed by atoms with van der Waals surface area (Å²) in [7, 11) is 0. The van der Waals surface area contributed by atoms with Gasteiger partial charge in [0.1, 0.15) is 0 Å². The number of likely N-dealkylation sites (tertiary alicyclic amines) is 1. The van der Waals surface area contributed by atoms with Crippen molar-refractivity contribution in [2.45, 2.75) is 84.3 Å². The highest BCUT2D eigenvalue weighted by Crippen LogP contribution is 2.38. The maximum atomic E-state index is 9.95. The second-order valence-corrected chi connectivity index (χ2v) is 8.83. The number of aliphatic hydroxyl groups is 1. The highest BCUT2D eigenvalue weighted by Gasteiger charge is 2.41. The first-order chi connectivity index (χ1) is 9.76. The van der Waals surface area contributed by atoms with Gasteiger partial charge in [-0.3, -0.25) is 0 Å². The normalized spacial score (nSPS) is 35.6. The highest BCUT2D eigenvalue weighted by molar-refractivity contribution is 4.99. The van der Waals surface area contributed by atoms with E-state index in [0.717, 1.165) is 18.8 Å². The van der Waals surface area contributed by atoms with E-state index in [9.17, 15) is 5.11 Å². The molecule has 0 spiro atoms. The van der Waals surface area contributed by atoms with Gasteiger partial charge in [-0.2, -0.15) is 0 Å². The van der Waals surface area contributed by atoms with E-state index in [4.69, 9.17) is 0 Å². The molecule has 3 nitrogen and oxygen atoms in total. The zero-order chi connectivity index (χ0) is 15.7. The molecule has 0 aromatic carbocycles. The monoisotopic (exact) mass is 296 g/mol. The van der Waals surface area contributed by atoms with Gasteiger partial charge in [-0.05, 0) is 50.0 Å². The van der Waals surface area contributed by atoms with Crippen LogP contribution in [0.2, 0.25) is 0 Å². The highest BCUT2D eigenvalue weighted by atomic mass is 16.3. The van der Waals surface area contributed by atoms with Crippen molar-refractivity contribution >= 4 is 0 Å². The molecule has 2 rings (SSSR count). The molecule has 21 heavy (non-hydrogen) atoms. The number of nitrogens with zero attached hydrogens (tertiary/aromatic N) is 1. The number of hydrogen-bond donors (Lipinski definition) is 2. The molecule has 1 saturated carbocycles. The maximum Gasteiger partial charge on any atom is 0.0613 e. The third kappa shape index (κ3) is 4.20. The minimum atomic E-state index is -0.0447. The van der Waals surface area contributed by atoms with E-state index in [1.165, 1.54) is 32.4 Å². The first-order valence-corrected chi connectivity index (χ1v) is 8.88. The van der Waals surface area contributed by atoms with Crippen molar-refractivity contribution in [3.63, 3.8) is 0 Å². The molecule has 3 heteroatoms. The predicted octanol–water partition coefficient (Wildman–Crippen LogP) is 3.03. The Morgan fingerprint density at radius 3 is 2.52 bits per heavy atom. The van der Waals surface area contributed by atoms with Crippen LogP contribution in [0, 0.1) is 11.3 Å². The fourth-order valence-electron chi connectivity index (χ4n) is 4.40. The fourth-order valence-corrected chi connectivity index (χ4v) is 4.40. The average Bonchev–Trinajstić information content (AvgIpc) is 2.87. The van der Waals surface area contributed by atoms with E-state index in [0.29, 0.717) is 17.5 Å². The molecule has 0 aromatic rings. The van der Waals surface area contributed by atoms with Gasteiger partial charge in [-0.25, -0.2) is 0 Å². The summed E-state index contributed by atoms with van der Waals surface area (Å²) >= 11 is 0. The van der Waals surface area contributed by atoms with Gasteiger partial charge in [0.05, 0.1) is 6.61 Å². The number of rotatable bonds is 4. The van der Waals surface area contributed by atoms with Crippen molar-refractivity contribution < 1.29 is 5.11 Å².